The Morgan fingerprint density at radius 1 is 1.19 bits per heavy atom. The molecule has 1 unspecified atom stereocenters. The number of amides is 1. The average molecular weight is 386 g/mol. The van der Waals surface area contributed by atoms with Crippen LogP contribution in [0.25, 0.3) is 10.6 Å². The van der Waals surface area contributed by atoms with E-state index in [1.807, 2.05) is 47.2 Å². The van der Waals surface area contributed by atoms with E-state index in [4.69, 9.17) is 4.74 Å². The van der Waals surface area contributed by atoms with E-state index in [1.54, 1.807) is 32.2 Å². The van der Waals surface area contributed by atoms with Crippen molar-refractivity contribution in [2.75, 3.05) is 11.9 Å². The molecule has 1 amide bonds. The second-order valence-corrected chi connectivity index (χ2v) is 7.51. The summed E-state index contributed by atoms with van der Waals surface area (Å²) >= 11 is 2.85. The molecule has 0 aliphatic heterocycles. The van der Waals surface area contributed by atoms with Crippen molar-refractivity contribution in [1.29, 1.82) is 0 Å². The first-order chi connectivity index (χ1) is 12.5. The zero-order valence-corrected chi connectivity index (χ0v) is 16.3. The average Bonchev–Trinajstić information content (AvgIpc) is 3.30. The summed E-state index contributed by atoms with van der Waals surface area (Å²) in [5.41, 5.74) is 2.33. The molecule has 26 heavy (non-hydrogen) atoms. The maximum absolute atomic E-state index is 12.5. The van der Waals surface area contributed by atoms with Crippen molar-refractivity contribution in [3.05, 3.63) is 57.7 Å². The van der Waals surface area contributed by atoms with Crippen molar-refractivity contribution < 1.29 is 14.3 Å². The van der Waals surface area contributed by atoms with Crippen LogP contribution in [0, 0.1) is 6.92 Å². The highest BCUT2D eigenvalue weighted by Crippen LogP contribution is 2.30. The molecule has 0 aliphatic carbocycles. The van der Waals surface area contributed by atoms with Gasteiger partial charge in [-0.2, -0.15) is 11.3 Å². The summed E-state index contributed by atoms with van der Waals surface area (Å²) < 4.78 is 5.40. The minimum absolute atomic E-state index is 0.287. The Bertz CT molecular complexity index is 904. The number of anilines is 1. The second kappa shape index (κ2) is 7.80. The van der Waals surface area contributed by atoms with Gasteiger partial charge in [0.2, 0.25) is 0 Å². The molecule has 0 radical (unpaired) electrons. The molecule has 0 fully saturated rings. The fourth-order valence-electron chi connectivity index (χ4n) is 2.41. The standard InChI is InChI=1S/C19H18N2O3S2/c1-12-16(26-17(20-12)14-9-10-25-11-14)19(23)24-13(2)18(22)21(3)15-7-5-4-6-8-15/h4-11,13H,1-3H3. The van der Waals surface area contributed by atoms with Crippen LogP contribution in [0.2, 0.25) is 0 Å². The first kappa shape index (κ1) is 18.3. The van der Waals surface area contributed by atoms with E-state index in [0.29, 0.717) is 10.6 Å². The van der Waals surface area contributed by atoms with Crippen LogP contribution in [-0.2, 0) is 9.53 Å². The SMILES string of the molecule is Cc1nc(-c2ccsc2)sc1C(=O)OC(C)C(=O)N(C)c1ccccc1. The van der Waals surface area contributed by atoms with Gasteiger partial charge < -0.3 is 9.64 Å². The predicted octanol–water partition coefficient (Wildman–Crippen LogP) is 4.39. The smallest absolute Gasteiger partial charge is 0.351 e. The zero-order valence-electron chi connectivity index (χ0n) is 14.6. The highest BCUT2D eigenvalue weighted by molar-refractivity contribution is 7.17. The summed E-state index contributed by atoms with van der Waals surface area (Å²) in [6.45, 7) is 3.35. The molecule has 0 aliphatic rings. The van der Waals surface area contributed by atoms with Crippen LogP contribution in [0.5, 0.6) is 0 Å². The Morgan fingerprint density at radius 3 is 2.58 bits per heavy atom. The van der Waals surface area contributed by atoms with Crippen LogP contribution in [0.4, 0.5) is 5.69 Å². The van der Waals surface area contributed by atoms with Crippen molar-refractivity contribution in [2.45, 2.75) is 20.0 Å². The molecule has 2 aromatic heterocycles. The van der Waals surface area contributed by atoms with E-state index in [-0.39, 0.29) is 5.91 Å². The van der Waals surface area contributed by atoms with E-state index in [0.717, 1.165) is 16.3 Å². The van der Waals surface area contributed by atoms with Crippen molar-refractivity contribution in [1.82, 2.24) is 4.98 Å². The zero-order chi connectivity index (χ0) is 18.7. The van der Waals surface area contributed by atoms with Gasteiger partial charge in [-0.25, -0.2) is 9.78 Å². The van der Waals surface area contributed by atoms with E-state index < -0.39 is 12.1 Å². The molecule has 3 rings (SSSR count). The largest absolute Gasteiger partial charge is 0.448 e. The predicted molar refractivity (Wildman–Crippen MR) is 105 cm³/mol. The van der Waals surface area contributed by atoms with Gasteiger partial charge in [0.15, 0.2) is 6.10 Å². The Labute approximate surface area is 159 Å². The van der Waals surface area contributed by atoms with Crippen LogP contribution in [0.3, 0.4) is 0 Å². The number of aromatic nitrogens is 1. The molecule has 0 saturated heterocycles. The van der Waals surface area contributed by atoms with Crippen LogP contribution >= 0.6 is 22.7 Å². The number of benzene rings is 1. The third kappa shape index (κ3) is 3.84. The Hall–Kier alpha value is -2.51. The van der Waals surface area contributed by atoms with E-state index in [9.17, 15) is 9.59 Å². The fraction of sp³-hybridized carbons (Fsp3) is 0.211. The van der Waals surface area contributed by atoms with Gasteiger partial charge in [0, 0.05) is 23.7 Å². The van der Waals surface area contributed by atoms with Gasteiger partial charge in [0.1, 0.15) is 9.88 Å². The maximum atomic E-state index is 12.5. The first-order valence-corrected chi connectivity index (χ1v) is 9.77. The van der Waals surface area contributed by atoms with Gasteiger partial charge in [-0.1, -0.05) is 18.2 Å². The topological polar surface area (TPSA) is 59.5 Å². The number of hydrogen-bond donors (Lipinski definition) is 0. The number of thiazole rings is 1. The molecule has 0 saturated carbocycles. The van der Waals surface area contributed by atoms with Gasteiger partial charge in [0.25, 0.3) is 5.91 Å². The number of esters is 1. The number of rotatable bonds is 5. The number of nitrogens with zero attached hydrogens (tertiary/aromatic N) is 2. The van der Waals surface area contributed by atoms with E-state index in [2.05, 4.69) is 4.98 Å². The molecule has 0 N–H and O–H groups in total. The molecule has 5 nitrogen and oxygen atoms in total. The lowest BCUT2D eigenvalue weighted by atomic mass is 10.2. The Balaban J connectivity index is 1.70. The minimum atomic E-state index is -0.890. The fourth-order valence-corrected chi connectivity index (χ4v) is 4.07. The summed E-state index contributed by atoms with van der Waals surface area (Å²) in [6.07, 6.45) is -0.890. The molecule has 3 aromatic rings. The summed E-state index contributed by atoms with van der Waals surface area (Å²) in [4.78, 5) is 31.4. The molecule has 7 heteroatoms. The molecule has 0 bridgehead atoms. The van der Waals surface area contributed by atoms with Gasteiger partial charge in [-0.05, 0) is 37.4 Å². The normalized spacial score (nSPS) is 11.8. The number of thiophene rings is 1. The van der Waals surface area contributed by atoms with Gasteiger partial charge >= 0.3 is 5.97 Å². The summed E-state index contributed by atoms with van der Waals surface area (Å²) in [5, 5.41) is 4.72. The maximum Gasteiger partial charge on any atom is 0.351 e. The van der Waals surface area contributed by atoms with Crippen LogP contribution in [-0.4, -0.2) is 30.0 Å². The first-order valence-electron chi connectivity index (χ1n) is 8.01. The summed E-state index contributed by atoms with van der Waals surface area (Å²) in [6, 6.07) is 11.2. The minimum Gasteiger partial charge on any atom is -0.448 e. The molecular weight excluding hydrogens is 368 g/mol. The number of carbonyl (C=O) groups is 2. The number of hydrogen-bond acceptors (Lipinski definition) is 6. The van der Waals surface area contributed by atoms with Crippen LogP contribution in [0.15, 0.2) is 47.2 Å². The lowest BCUT2D eigenvalue weighted by molar-refractivity contribution is -0.126. The van der Waals surface area contributed by atoms with Crippen LogP contribution in [0.1, 0.15) is 22.3 Å². The monoisotopic (exact) mass is 386 g/mol. The second-order valence-electron chi connectivity index (χ2n) is 5.73. The number of para-hydroxylation sites is 1. The molecule has 1 aromatic carbocycles. The van der Waals surface area contributed by atoms with Crippen molar-refractivity contribution in [3.63, 3.8) is 0 Å². The van der Waals surface area contributed by atoms with Crippen molar-refractivity contribution in [3.8, 4) is 10.6 Å². The van der Waals surface area contributed by atoms with E-state index in [1.165, 1.54) is 16.2 Å². The Kier molecular flexibility index (Phi) is 5.49. The van der Waals surface area contributed by atoms with E-state index >= 15 is 0 Å². The molecule has 2 heterocycles. The quantitative estimate of drug-likeness (QED) is 0.610. The van der Waals surface area contributed by atoms with Gasteiger partial charge in [-0.3, -0.25) is 4.79 Å². The van der Waals surface area contributed by atoms with Gasteiger partial charge in [-0.15, -0.1) is 11.3 Å². The lowest BCUT2D eigenvalue weighted by Crippen LogP contribution is -2.37. The van der Waals surface area contributed by atoms with Gasteiger partial charge in [0.05, 0.1) is 5.69 Å². The summed E-state index contributed by atoms with van der Waals surface area (Å²) in [5.74, 6) is -0.812. The number of ether oxygens (including phenoxy) is 1. The lowest BCUT2D eigenvalue weighted by Gasteiger charge is -2.21. The third-order valence-electron chi connectivity index (χ3n) is 3.86. The summed E-state index contributed by atoms with van der Waals surface area (Å²) in [7, 11) is 1.66. The van der Waals surface area contributed by atoms with Crippen LogP contribution < -0.4 is 4.90 Å². The third-order valence-corrected chi connectivity index (χ3v) is 5.73. The number of aryl methyl sites for hydroxylation is 1. The highest BCUT2D eigenvalue weighted by atomic mass is 32.1. The number of likely N-dealkylation sites (N-methyl/N-ethyl adjacent to an activating group) is 1. The molecule has 1 atom stereocenters. The Morgan fingerprint density at radius 2 is 1.92 bits per heavy atom. The number of carbonyl (C=O) groups excluding carboxylic acids is 2. The highest BCUT2D eigenvalue weighted by Gasteiger charge is 2.25. The van der Waals surface area contributed by atoms with Crippen molar-refractivity contribution >= 4 is 40.2 Å². The molecular formula is C19H18N2O3S2. The molecule has 134 valence electrons. The van der Waals surface area contributed by atoms with Crippen molar-refractivity contribution in [2.24, 2.45) is 0 Å². The molecule has 0 spiro atoms.